The van der Waals surface area contributed by atoms with Crippen molar-refractivity contribution >= 4 is 5.82 Å². The molecular weight excluding hydrogens is 290 g/mol. The largest absolute Gasteiger partial charge is 0.496 e. The van der Waals surface area contributed by atoms with Gasteiger partial charge in [0.15, 0.2) is 0 Å². The number of nitrogens with zero attached hydrogens (tertiary/aromatic N) is 2. The van der Waals surface area contributed by atoms with E-state index in [1.807, 2.05) is 31.4 Å². The molecule has 0 saturated carbocycles. The third kappa shape index (κ3) is 3.08. The molecule has 1 aromatic carbocycles. The Morgan fingerprint density at radius 1 is 1.26 bits per heavy atom. The lowest BCUT2D eigenvalue weighted by Gasteiger charge is -2.27. The van der Waals surface area contributed by atoms with E-state index in [4.69, 9.17) is 15.2 Å². The lowest BCUT2D eigenvalue weighted by atomic mass is 10.0. The maximum absolute atomic E-state index is 5.99. The highest BCUT2D eigenvalue weighted by molar-refractivity contribution is 5.71. The first-order valence-electron chi connectivity index (χ1n) is 7.63. The topological polar surface area (TPSA) is 60.6 Å². The first-order chi connectivity index (χ1) is 11.1. The molecule has 0 unspecified atom stereocenters. The summed E-state index contributed by atoms with van der Waals surface area (Å²) in [7, 11) is 3.67. The number of pyridine rings is 1. The maximum atomic E-state index is 5.99. The van der Waals surface area contributed by atoms with Crippen LogP contribution < -0.4 is 15.2 Å². The van der Waals surface area contributed by atoms with Crippen molar-refractivity contribution in [3.8, 4) is 22.8 Å². The first kappa shape index (κ1) is 15.2. The van der Waals surface area contributed by atoms with Crippen LogP contribution >= 0.6 is 0 Å². The van der Waals surface area contributed by atoms with Crippen molar-refractivity contribution in [2.24, 2.45) is 0 Å². The number of nitrogens with two attached hydrogens (primary N) is 1. The number of anilines is 1. The van der Waals surface area contributed by atoms with Crippen LogP contribution in [0.25, 0.3) is 11.3 Å². The minimum absolute atomic E-state index is 0.491. The molecule has 0 atom stereocenters. The van der Waals surface area contributed by atoms with Crippen molar-refractivity contribution in [3.63, 3.8) is 0 Å². The average molecular weight is 311 g/mol. The lowest BCUT2D eigenvalue weighted by Crippen LogP contribution is -2.28. The zero-order chi connectivity index (χ0) is 16.4. The normalized spacial score (nSPS) is 13.3. The van der Waals surface area contributed by atoms with Gasteiger partial charge in [0.05, 0.1) is 19.3 Å². The zero-order valence-corrected chi connectivity index (χ0v) is 13.7. The number of hydrogen-bond donors (Lipinski definition) is 1. The van der Waals surface area contributed by atoms with E-state index in [-0.39, 0.29) is 0 Å². The summed E-state index contributed by atoms with van der Waals surface area (Å²) in [5.41, 5.74) is 8.63. The quantitative estimate of drug-likeness (QED) is 0.919. The smallest absolute Gasteiger partial charge is 0.139 e. The maximum Gasteiger partial charge on any atom is 0.139 e. The molecule has 0 aliphatic carbocycles. The van der Waals surface area contributed by atoms with Gasteiger partial charge in [0.25, 0.3) is 0 Å². The van der Waals surface area contributed by atoms with Gasteiger partial charge in [0.2, 0.25) is 0 Å². The van der Waals surface area contributed by atoms with Gasteiger partial charge in [-0.25, -0.2) is 4.98 Å². The Bertz CT molecular complexity index is 756. The van der Waals surface area contributed by atoms with Crippen LogP contribution in [0.5, 0.6) is 11.5 Å². The summed E-state index contributed by atoms with van der Waals surface area (Å²) in [6.07, 6.45) is 2.84. The van der Waals surface area contributed by atoms with Gasteiger partial charge in [-0.05, 0) is 30.2 Å². The van der Waals surface area contributed by atoms with E-state index < -0.39 is 0 Å². The second kappa shape index (κ2) is 6.20. The van der Waals surface area contributed by atoms with Crippen molar-refractivity contribution in [3.05, 3.63) is 47.9 Å². The number of likely N-dealkylation sites (N-methyl/N-ethyl adjacent to an activating group) is 1. The minimum atomic E-state index is 0.491. The Balaban J connectivity index is 2.02. The van der Waals surface area contributed by atoms with Gasteiger partial charge in [-0.1, -0.05) is 13.0 Å². The number of ether oxygens (including phenoxy) is 2. The first-order valence-corrected chi connectivity index (χ1v) is 7.63. The molecule has 5 heteroatoms. The highest BCUT2D eigenvalue weighted by atomic mass is 16.5. The fourth-order valence-electron chi connectivity index (χ4n) is 2.61. The number of methoxy groups -OCH3 is 1. The summed E-state index contributed by atoms with van der Waals surface area (Å²) < 4.78 is 11.5. The van der Waals surface area contributed by atoms with Crippen molar-refractivity contribution in [1.29, 1.82) is 0 Å². The number of benzene rings is 1. The van der Waals surface area contributed by atoms with E-state index in [0.717, 1.165) is 47.0 Å². The molecule has 0 spiro atoms. The standard InChI is InChI=1S/C18H21N3O2/c1-4-12-8-14(15-6-5-7-18(19)20-15)17(22-3)9-16(12)23-13-10-21(2)11-13/h5-10H,4,11H2,1-3H3,(H2,19,20). The Kier molecular flexibility index (Phi) is 4.10. The molecule has 120 valence electrons. The van der Waals surface area contributed by atoms with Crippen molar-refractivity contribution < 1.29 is 9.47 Å². The van der Waals surface area contributed by atoms with Crippen LogP contribution in [-0.2, 0) is 6.42 Å². The summed E-state index contributed by atoms with van der Waals surface area (Å²) in [5, 5.41) is 0. The van der Waals surface area contributed by atoms with Crippen LogP contribution in [0.4, 0.5) is 5.82 Å². The highest BCUT2D eigenvalue weighted by Gasteiger charge is 2.18. The Labute approximate surface area is 136 Å². The van der Waals surface area contributed by atoms with Gasteiger partial charge < -0.3 is 20.1 Å². The van der Waals surface area contributed by atoms with Gasteiger partial charge >= 0.3 is 0 Å². The predicted octanol–water partition coefficient (Wildman–Crippen LogP) is 3.07. The second-order valence-electron chi connectivity index (χ2n) is 5.57. The molecule has 0 amide bonds. The van der Waals surface area contributed by atoms with Crippen LogP contribution in [0.3, 0.4) is 0 Å². The number of nitrogen functional groups attached to an aromatic ring is 1. The van der Waals surface area contributed by atoms with Crippen LogP contribution in [0.1, 0.15) is 12.5 Å². The molecule has 0 radical (unpaired) electrons. The molecule has 5 nitrogen and oxygen atoms in total. The number of aryl methyl sites for hydroxylation is 1. The molecule has 0 bridgehead atoms. The molecule has 2 aromatic rings. The second-order valence-corrected chi connectivity index (χ2v) is 5.57. The third-order valence-electron chi connectivity index (χ3n) is 3.82. The SMILES string of the molecule is CCc1cc(-c2cccc(N)n2)c(OC)cc1OC1=CN(C)C1. The van der Waals surface area contributed by atoms with Crippen molar-refractivity contribution in [2.45, 2.75) is 13.3 Å². The summed E-state index contributed by atoms with van der Waals surface area (Å²) >= 11 is 0. The molecule has 2 heterocycles. The fourth-order valence-corrected chi connectivity index (χ4v) is 2.61. The summed E-state index contributed by atoms with van der Waals surface area (Å²) in [6.45, 7) is 2.93. The van der Waals surface area contributed by atoms with Gasteiger partial charge in [-0.3, -0.25) is 0 Å². The van der Waals surface area contributed by atoms with E-state index in [1.54, 1.807) is 13.2 Å². The Morgan fingerprint density at radius 2 is 2.04 bits per heavy atom. The van der Waals surface area contributed by atoms with E-state index in [0.29, 0.717) is 5.82 Å². The number of rotatable bonds is 5. The van der Waals surface area contributed by atoms with Gasteiger partial charge in [-0.15, -0.1) is 0 Å². The van der Waals surface area contributed by atoms with E-state index >= 15 is 0 Å². The highest BCUT2D eigenvalue weighted by Crippen LogP contribution is 2.37. The summed E-state index contributed by atoms with van der Waals surface area (Å²) in [4.78, 5) is 6.47. The lowest BCUT2D eigenvalue weighted by molar-refractivity contribution is 0.287. The molecule has 23 heavy (non-hydrogen) atoms. The molecule has 1 aliphatic heterocycles. The third-order valence-corrected chi connectivity index (χ3v) is 3.82. The Hall–Kier alpha value is -2.69. The monoisotopic (exact) mass is 311 g/mol. The summed E-state index contributed by atoms with van der Waals surface area (Å²) in [5.74, 6) is 3.00. The summed E-state index contributed by atoms with van der Waals surface area (Å²) in [6, 6.07) is 9.59. The molecule has 3 rings (SSSR count). The molecule has 2 N–H and O–H groups in total. The molecule has 0 fully saturated rings. The number of hydrogen-bond acceptors (Lipinski definition) is 5. The molecule has 1 aliphatic rings. The molecule has 1 aromatic heterocycles. The Morgan fingerprint density at radius 3 is 2.65 bits per heavy atom. The van der Waals surface area contributed by atoms with Gasteiger partial charge in [0.1, 0.15) is 23.1 Å². The molecule has 0 saturated heterocycles. The van der Waals surface area contributed by atoms with E-state index in [1.165, 1.54) is 0 Å². The predicted molar refractivity (Wildman–Crippen MR) is 91.4 cm³/mol. The van der Waals surface area contributed by atoms with Crippen molar-refractivity contribution in [1.82, 2.24) is 9.88 Å². The fraction of sp³-hybridized carbons (Fsp3) is 0.278. The van der Waals surface area contributed by atoms with Crippen LogP contribution in [-0.4, -0.2) is 30.6 Å². The van der Waals surface area contributed by atoms with Crippen LogP contribution in [0, 0.1) is 0 Å². The number of aromatic nitrogens is 1. The van der Waals surface area contributed by atoms with Crippen LogP contribution in [0.15, 0.2) is 42.3 Å². The van der Waals surface area contributed by atoms with Crippen molar-refractivity contribution in [2.75, 3.05) is 26.4 Å². The van der Waals surface area contributed by atoms with Gasteiger partial charge in [-0.2, -0.15) is 0 Å². The molecular formula is C18H21N3O2. The van der Waals surface area contributed by atoms with E-state index in [2.05, 4.69) is 22.9 Å². The average Bonchev–Trinajstić information content (AvgIpc) is 2.52. The zero-order valence-electron chi connectivity index (χ0n) is 13.7. The van der Waals surface area contributed by atoms with Crippen LogP contribution in [0.2, 0.25) is 0 Å². The van der Waals surface area contributed by atoms with Gasteiger partial charge in [0, 0.05) is 24.9 Å². The minimum Gasteiger partial charge on any atom is -0.496 e. The van der Waals surface area contributed by atoms with E-state index in [9.17, 15) is 0 Å².